The van der Waals surface area contributed by atoms with Gasteiger partial charge in [-0.3, -0.25) is 14.9 Å². The summed E-state index contributed by atoms with van der Waals surface area (Å²) in [5.41, 5.74) is 3.16. The van der Waals surface area contributed by atoms with E-state index >= 15 is 0 Å². The average Bonchev–Trinajstić information content (AvgIpc) is 3.68. The van der Waals surface area contributed by atoms with Crippen molar-refractivity contribution in [1.29, 1.82) is 0 Å². The van der Waals surface area contributed by atoms with E-state index in [9.17, 15) is 27.9 Å². The summed E-state index contributed by atoms with van der Waals surface area (Å²) in [7, 11) is 2.84. The zero-order valence-electron chi connectivity index (χ0n) is 29.6. The van der Waals surface area contributed by atoms with Crippen LogP contribution in [0.5, 0.6) is 17.6 Å². The van der Waals surface area contributed by atoms with Crippen molar-refractivity contribution in [3.63, 3.8) is 0 Å². The lowest BCUT2D eigenvalue weighted by atomic mass is 9.94. The number of methoxy groups -OCH3 is 2. The summed E-state index contributed by atoms with van der Waals surface area (Å²) in [6.45, 7) is 0.956. The monoisotopic (exact) mass is 765 g/mol. The van der Waals surface area contributed by atoms with Gasteiger partial charge in [-0.15, -0.1) is 0 Å². The number of carbonyl (C=O) groups excluding carboxylic acids is 1. The maximum absolute atomic E-state index is 14.4. The number of carboxylic acids is 1. The summed E-state index contributed by atoms with van der Waals surface area (Å²) >= 11 is 7.10. The van der Waals surface area contributed by atoms with Crippen molar-refractivity contribution in [3.8, 4) is 40.0 Å². The zero-order valence-corrected chi connectivity index (χ0v) is 30.4. The summed E-state index contributed by atoms with van der Waals surface area (Å²) in [6, 6.07) is 16.0. The minimum Gasteiger partial charge on any atom is -0.481 e. The molecule has 2 fully saturated rings. The van der Waals surface area contributed by atoms with Gasteiger partial charge in [-0.2, -0.15) is 18.2 Å². The average molecular weight is 766 g/mol. The highest BCUT2D eigenvalue weighted by molar-refractivity contribution is 6.36. The van der Waals surface area contributed by atoms with Gasteiger partial charge in [-0.1, -0.05) is 54.1 Å². The quantitative estimate of drug-likeness (QED) is 0.110. The number of benzene rings is 2. The van der Waals surface area contributed by atoms with Gasteiger partial charge < -0.3 is 30.0 Å². The second-order valence-corrected chi connectivity index (χ2v) is 14.1. The molecule has 4 aromatic rings. The number of hydrogen-bond donors (Lipinski definition) is 4. The van der Waals surface area contributed by atoms with Crippen LogP contribution in [0, 0.1) is 0 Å². The number of nitrogens with zero attached hydrogens (tertiary/aromatic N) is 2. The fourth-order valence-electron chi connectivity index (χ4n) is 7.18. The van der Waals surface area contributed by atoms with Crippen LogP contribution in [0.4, 0.5) is 13.2 Å². The fourth-order valence-corrected chi connectivity index (χ4v) is 7.50. The van der Waals surface area contributed by atoms with Gasteiger partial charge in [0.25, 0.3) is 0 Å². The lowest BCUT2D eigenvalue weighted by Crippen LogP contribution is -2.38. The molecule has 2 aromatic heterocycles. The van der Waals surface area contributed by atoms with Gasteiger partial charge in [0, 0.05) is 54.4 Å². The Bertz CT molecular complexity index is 2090. The van der Waals surface area contributed by atoms with Crippen LogP contribution in [0.3, 0.4) is 0 Å². The molecule has 54 heavy (non-hydrogen) atoms. The maximum atomic E-state index is 14.4. The highest BCUT2D eigenvalue weighted by atomic mass is 35.5. The van der Waals surface area contributed by atoms with Gasteiger partial charge in [0.1, 0.15) is 17.2 Å². The molecule has 0 radical (unpaired) electrons. The molecule has 2 atom stereocenters. The third-order valence-electron chi connectivity index (χ3n) is 10.3. The molecule has 3 heterocycles. The Balaban J connectivity index is 1.13. The molecule has 1 saturated carbocycles. The van der Waals surface area contributed by atoms with E-state index in [1.807, 2.05) is 48.5 Å². The second-order valence-electron chi connectivity index (χ2n) is 13.7. The number of alkyl halides is 3. The number of aliphatic carboxylic acids is 1. The third-order valence-corrected chi connectivity index (χ3v) is 10.7. The van der Waals surface area contributed by atoms with Crippen molar-refractivity contribution in [1.82, 2.24) is 25.9 Å². The Kier molecular flexibility index (Phi) is 10.4. The number of rotatable bonds is 14. The molecule has 1 saturated heterocycles. The predicted octanol–water partition coefficient (Wildman–Crippen LogP) is 6.64. The van der Waals surface area contributed by atoms with Gasteiger partial charge in [-0.25, -0.2) is 4.98 Å². The Morgan fingerprint density at radius 1 is 0.944 bits per heavy atom. The molecule has 1 aliphatic heterocycles. The second kappa shape index (κ2) is 15.1. The molecule has 3 aliphatic rings. The number of ether oxygens (including phenoxy) is 3. The van der Waals surface area contributed by atoms with Crippen LogP contribution in [-0.2, 0) is 35.3 Å². The van der Waals surface area contributed by atoms with E-state index in [1.54, 1.807) is 7.11 Å². The number of nitrogens with one attached hydrogen (secondary N) is 3. The molecular formula is C39H39ClF3N5O6. The van der Waals surface area contributed by atoms with Gasteiger partial charge >= 0.3 is 12.1 Å². The van der Waals surface area contributed by atoms with Crippen molar-refractivity contribution >= 4 is 23.5 Å². The largest absolute Gasteiger partial charge is 0.481 e. The van der Waals surface area contributed by atoms with Crippen LogP contribution >= 0.6 is 11.6 Å². The van der Waals surface area contributed by atoms with Gasteiger partial charge in [0.05, 0.1) is 24.9 Å². The number of amides is 1. The first-order chi connectivity index (χ1) is 25.9. The van der Waals surface area contributed by atoms with Gasteiger partial charge in [0.2, 0.25) is 23.5 Å². The van der Waals surface area contributed by atoms with Crippen LogP contribution in [0.1, 0.15) is 66.0 Å². The van der Waals surface area contributed by atoms with E-state index in [2.05, 4.69) is 20.9 Å². The van der Waals surface area contributed by atoms with Crippen LogP contribution < -0.4 is 30.2 Å². The number of halogens is 4. The molecule has 11 nitrogen and oxygen atoms in total. The molecule has 284 valence electrons. The van der Waals surface area contributed by atoms with E-state index in [0.717, 1.165) is 40.3 Å². The highest BCUT2D eigenvalue weighted by Crippen LogP contribution is 2.46. The van der Waals surface area contributed by atoms with Crippen LogP contribution in [0.2, 0.25) is 5.02 Å². The zero-order chi connectivity index (χ0) is 38.2. The normalized spacial score (nSPS) is 18.6. The molecule has 2 aliphatic carbocycles. The SMILES string of the molecule is COc1nc(-c2cccc(-c3cccc4c3CC[C@@H]4Oc3nc(OC)c(CNC4(C(=O)O)CC4)cc3C(F)(F)F)c2Cl)ccc1CNC[C@@H]1CCC(=O)N1. The van der Waals surface area contributed by atoms with Crippen LogP contribution in [0.15, 0.2) is 54.6 Å². The predicted molar refractivity (Wildman–Crippen MR) is 193 cm³/mol. The number of aromatic nitrogens is 2. The molecular weight excluding hydrogens is 727 g/mol. The lowest BCUT2D eigenvalue weighted by Gasteiger charge is -2.21. The third kappa shape index (κ3) is 7.55. The van der Waals surface area contributed by atoms with E-state index in [-0.39, 0.29) is 29.9 Å². The topological polar surface area (TPSA) is 144 Å². The van der Waals surface area contributed by atoms with Gasteiger partial charge in [0.15, 0.2) is 0 Å². The number of carbonyl (C=O) groups is 2. The van der Waals surface area contributed by atoms with Crippen molar-refractivity contribution in [2.24, 2.45) is 0 Å². The molecule has 7 rings (SSSR count). The fraction of sp³-hybridized carbons (Fsp3) is 0.385. The number of fused-ring (bicyclic) bond motifs is 1. The number of carboxylic acid groups (broad SMARTS) is 1. The van der Waals surface area contributed by atoms with Gasteiger partial charge in [-0.05, 0) is 60.9 Å². The van der Waals surface area contributed by atoms with Crippen LogP contribution in [-0.4, -0.2) is 59.3 Å². The first-order valence-corrected chi connectivity index (χ1v) is 18.0. The van der Waals surface area contributed by atoms with Crippen molar-refractivity contribution < 1.29 is 42.1 Å². The van der Waals surface area contributed by atoms with E-state index in [0.29, 0.717) is 67.4 Å². The summed E-state index contributed by atoms with van der Waals surface area (Å²) in [4.78, 5) is 32.0. The molecule has 0 bridgehead atoms. The highest BCUT2D eigenvalue weighted by Gasteiger charge is 2.50. The Morgan fingerprint density at radius 3 is 2.35 bits per heavy atom. The minimum absolute atomic E-state index is 0.0645. The van der Waals surface area contributed by atoms with E-state index in [4.69, 9.17) is 30.8 Å². The van der Waals surface area contributed by atoms with Crippen molar-refractivity contribution in [3.05, 3.63) is 87.4 Å². The molecule has 15 heteroatoms. The Labute approximate surface area is 314 Å². The van der Waals surface area contributed by atoms with E-state index in [1.165, 1.54) is 7.11 Å². The smallest absolute Gasteiger partial charge is 0.421 e. The first kappa shape index (κ1) is 37.4. The summed E-state index contributed by atoms with van der Waals surface area (Å²) < 4.78 is 60.3. The number of hydrogen-bond acceptors (Lipinski definition) is 9. The van der Waals surface area contributed by atoms with E-state index < -0.39 is 35.2 Å². The maximum Gasteiger partial charge on any atom is 0.421 e. The number of pyridine rings is 2. The first-order valence-electron chi connectivity index (χ1n) is 17.7. The molecule has 0 spiro atoms. The standard InChI is InChI=1S/C39H39ClF3N5O6/c1-52-34-21(18-44-20-23-10-14-32(49)46-23)9-12-30(47-34)28-8-4-7-27(33(28)40)24-5-3-6-26-25(24)11-13-31(26)54-36-29(39(41,42)43)17-22(35(48-36)53-2)19-45-38(15-16-38)37(50)51/h3-9,12,17,23,31,44-45H,10-11,13-16,18-20H2,1-2H3,(H,46,49)(H,50,51)/t23-,31-/m0/s1. The minimum atomic E-state index is -4.80. The van der Waals surface area contributed by atoms with Crippen LogP contribution in [0.25, 0.3) is 22.4 Å². The molecule has 4 N–H and O–H groups in total. The van der Waals surface area contributed by atoms with Crippen molar-refractivity contribution in [2.45, 2.75) is 75.5 Å². The summed E-state index contributed by atoms with van der Waals surface area (Å²) in [5.74, 6) is -1.25. The molecule has 0 unspecified atom stereocenters. The Morgan fingerprint density at radius 2 is 1.67 bits per heavy atom. The van der Waals surface area contributed by atoms with Crippen molar-refractivity contribution in [2.75, 3.05) is 20.8 Å². The molecule has 1 amide bonds. The summed E-state index contributed by atoms with van der Waals surface area (Å²) in [5, 5.41) is 19.1. The molecule has 2 aromatic carbocycles. The lowest BCUT2D eigenvalue weighted by molar-refractivity contribution is -0.141. The summed E-state index contributed by atoms with van der Waals surface area (Å²) in [6.07, 6.45) is -2.52. The Hall–Kier alpha value is -4.92.